The summed E-state index contributed by atoms with van der Waals surface area (Å²) in [6.45, 7) is 3.53. The maximum absolute atomic E-state index is 12.1. The van der Waals surface area contributed by atoms with Crippen LogP contribution in [0.1, 0.15) is 42.2 Å². The molecule has 1 heterocycles. The molecule has 0 aliphatic heterocycles. The molecule has 0 saturated carbocycles. The molecule has 0 bridgehead atoms. The Morgan fingerprint density at radius 2 is 1.71 bits per heavy atom. The number of esters is 1. The molecular weight excluding hydrogens is 350 g/mol. The van der Waals surface area contributed by atoms with Gasteiger partial charge in [0.25, 0.3) is 0 Å². The van der Waals surface area contributed by atoms with Gasteiger partial charge < -0.3 is 14.0 Å². The summed E-state index contributed by atoms with van der Waals surface area (Å²) < 4.78 is 12.8. The molecule has 4 nitrogen and oxygen atoms in total. The van der Waals surface area contributed by atoms with Gasteiger partial charge in [0.15, 0.2) is 0 Å². The maximum atomic E-state index is 12.1. The van der Waals surface area contributed by atoms with Crippen molar-refractivity contribution in [3.63, 3.8) is 0 Å². The smallest absolute Gasteiger partial charge is 0.354 e. The highest BCUT2D eigenvalue weighted by molar-refractivity contribution is 5.89. The van der Waals surface area contributed by atoms with Crippen molar-refractivity contribution in [1.29, 1.82) is 0 Å². The molecular formula is C24H27NO3. The van der Waals surface area contributed by atoms with Gasteiger partial charge in [-0.1, -0.05) is 62.2 Å². The number of aryl methyl sites for hydroxylation is 1. The van der Waals surface area contributed by atoms with Gasteiger partial charge in [-0.25, -0.2) is 4.79 Å². The Balaban J connectivity index is 1.72. The van der Waals surface area contributed by atoms with Gasteiger partial charge in [0.1, 0.15) is 18.1 Å². The number of carbonyl (C=O) groups excluding carboxylic acids is 1. The normalized spacial score (nSPS) is 10.6. The van der Waals surface area contributed by atoms with Crippen molar-refractivity contribution >= 4 is 5.97 Å². The van der Waals surface area contributed by atoms with Crippen LogP contribution in [0, 0.1) is 0 Å². The highest BCUT2D eigenvalue weighted by atomic mass is 16.5. The van der Waals surface area contributed by atoms with Crippen molar-refractivity contribution in [3.05, 3.63) is 78.1 Å². The van der Waals surface area contributed by atoms with E-state index in [-0.39, 0.29) is 5.97 Å². The third-order valence-corrected chi connectivity index (χ3v) is 4.73. The topological polar surface area (TPSA) is 40.5 Å². The van der Waals surface area contributed by atoms with Crippen molar-refractivity contribution in [2.24, 2.45) is 0 Å². The Labute approximate surface area is 166 Å². The quantitative estimate of drug-likeness (QED) is 0.354. The number of ether oxygens (including phenoxy) is 2. The minimum absolute atomic E-state index is 0.300. The predicted molar refractivity (Wildman–Crippen MR) is 112 cm³/mol. The molecule has 0 radical (unpaired) electrons. The van der Waals surface area contributed by atoms with Crippen LogP contribution in [0.4, 0.5) is 0 Å². The molecule has 146 valence electrons. The molecule has 0 spiro atoms. The van der Waals surface area contributed by atoms with E-state index in [4.69, 9.17) is 9.47 Å². The monoisotopic (exact) mass is 377 g/mol. The van der Waals surface area contributed by atoms with Gasteiger partial charge in [-0.3, -0.25) is 0 Å². The summed E-state index contributed by atoms with van der Waals surface area (Å²) in [5.41, 5.74) is 3.79. The van der Waals surface area contributed by atoms with Crippen molar-refractivity contribution in [2.45, 2.75) is 39.3 Å². The Morgan fingerprint density at radius 1 is 0.964 bits per heavy atom. The standard InChI is InChI=1S/C24H27NO3/c1-3-4-8-15-25-17-21(16-23(25)24(26)27-2)20-11-13-22(14-12-20)28-18-19-9-6-5-7-10-19/h5-7,9-14,16-17H,3-4,8,15,18H2,1-2H3. The van der Waals surface area contributed by atoms with Crippen LogP contribution >= 0.6 is 0 Å². The lowest BCUT2D eigenvalue weighted by Gasteiger charge is -2.07. The number of carbonyl (C=O) groups is 1. The van der Waals surface area contributed by atoms with E-state index >= 15 is 0 Å². The number of benzene rings is 2. The van der Waals surface area contributed by atoms with Crippen molar-refractivity contribution in [3.8, 4) is 16.9 Å². The maximum Gasteiger partial charge on any atom is 0.354 e. The fourth-order valence-corrected chi connectivity index (χ4v) is 3.15. The SMILES string of the molecule is CCCCCn1cc(-c2ccc(OCc3ccccc3)cc2)cc1C(=O)OC. The van der Waals surface area contributed by atoms with Gasteiger partial charge >= 0.3 is 5.97 Å². The van der Waals surface area contributed by atoms with Crippen LogP contribution in [-0.2, 0) is 17.9 Å². The van der Waals surface area contributed by atoms with Gasteiger partial charge in [0.2, 0.25) is 0 Å². The number of unbranched alkanes of at least 4 members (excludes halogenated alkanes) is 2. The lowest BCUT2D eigenvalue weighted by molar-refractivity contribution is 0.0588. The second-order valence-corrected chi connectivity index (χ2v) is 6.80. The summed E-state index contributed by atoms with van der Waals surface area (Å²) in [4.78, 5) is 12.1. The van der Waals surface area contributed by atoms with Crippen LogP contribution in [0.15, 0.2) is 66.9 Å². The van der Waals surface area contributed by atoms with Crippen LogP contribution in [0.25, 0.3) is 11.1 Å². The molecule has 28 heavy (non-hydrogen) atoms. The largest absolute Gasteiger partial charge is 0.489 e. The molecule has 0 saturated heterocycles. The van der Waals surface area contributed by atoms with E-state index in [2.05, 4.69) is 6.92 Å². The Morgan fingerprint density at radius 3 is 2.39 bits per heavy atom. The summed E-state index contributed by atoms with van der Waals surface area (Å²) in [6, 6.07) is 20.0. The van der Waals surface area contributed by atoms with Crippen LogP contribution in [0.2, 0.25) is 0 Å². The van der Waals surface area contributed by atoms with E-state index in [9.17, 15) is 4.79 Å². The average molecular weight is 377 g/mol. The number of nitrogens with zero attached hydrogens (tertiary/aromatic N) is 1. The first kappa shape index (κ1) is 19.7. The first-order chi connectivity index (χ1) is 13.7. The first-order valence-electron chi connectivity index (χ1n) is 9.77. The van der Waals surface area contributed by atoms with Crippen LogP contribution < -0.4 is 4.74 Å². The van der Waals surface area contributed by atoms with Crippen LogP contribution in [0.5, 0.6) is 5.75 Å². The van der Waals surface area contributed by atoms with Gasteiger partial charge in [-0.2, -0.15) is 0 Å². The molecule has 0 atom stereocenters. The number of hydrogen-bond acceptors (Lipinski definition) is 3. The minimum atomic E-state index is -0.300. The summed E-state index contributed by atoms with van der Waals surface area (Å²) in [7, 11) is 1.42. The summed E-state index contributed by atoms with van der Waals surface area (Å²) >= 11 is 0. The van der Waals surface area contributed by atoms with E-state index in [1.165, 1.54) is 7.11 Å². The Hall–Kier alpha value is -3.01. The third-order valence-electron chi connectivity index (χ3n) is 4.73. The van der Waals surface area contributed by atoms with E-state index in [0.717, 1.165) is 48.2 Å². The molecule has 0 fully saturated rings. The van der Waals surface area contributed by atoms with E-state index in [1.54, 1.807) is 0 Å². The molecule has 0 aliphatic carbocycles. The second kappa shape index (κ2) is 9.79. The Kier molecular flexibility index (Phi) is 6.90. The first-order valence-corrected chi connectivity index (χ1v) is 9.77. The number of aromatic nitrogens is 1. The molecule has 0 aliphatic rings. The van der Waals surface area contributed by atoms with Crippen molar-refractivity contribution in [2.75, 3.05) is 7.11 Å². The molecule has 0 amide bonds. The van der Waals surface area contributed by atoms with E-state index in [0.29, 0.717) is 12.3 Å². The average Bonchev–Trinajstić information content (AvgIpc) is 3.17. The molecule has 4 heteroatoms. The second-order valence-electron chi connectivity index (χ2n) is 6.80. The fraction of sp³-hybridized carbons (Fsp3) is 0.292. The molecule has 3 aromatic rings. The zero-order valence-electron chi connectivity index (χ0n) is 16.6. The summed E-state index contributed by atoms with van der Waals surface area (Å²) in [5.74, 6) is 0.522. The molecule has 3 rings (SSSR count). The fourth-order valence-electron chi connectivity index (χ4n) is 3.15. The van der Waals surface area contributed by atoms with E-state index < -0.39 is 0 Å². The lowest BCUT2D eigenvalue weighted by Crippen LogP contribution is -2.09. The minimum Gasteiger partial charge on any atom is -0.489 e. The highest BCUT2D eigenvalue weighted by Gasteiger charge is 2.15. The zero-order chi connectivity index (χ0) is 19.8. The number of rotatable bonds is 9. The molecule has 0 N–H and O–H groups in total. The third kappa shape index (κ3) is 5.03. The van der Waals surface area contributed by atoms with Gasteiger partial charge in [-0.15, -0.1) is 0 Å². The summed E-state index contributed by atoms with van der Waals surface area (Å²) in [6.07, 6.45) is 5.36. The van der Waals surface area contributed by atoms with Gasteiger partial charge in [0.05, 0.1) is 7.11 Å². The van der Waals surface area contributed by atoms with Crippen molar-refractivity contribution < 1.29 is 14.3 Å². The molecule has 2 aromatic carbocycles. The zero-order valence-corrected chi connectivity index (χ0v) is 16.6. The van der Waals surface area contributed by atoms with Crippen LogP contribution in [-0.4, -0.2) is 17.6 Å². The van der Waals surface area contributed by atoms with Crippen LogP contribution in [0.3, 0.4) is 0 Å². The Bertz CT molecular complexity index is 882. The van der Waals surface area contributed by atoms with Gasteiger partial charge in [-0.05, 0) is 35.7 Å². The highest BCUT2D eigenvalue weighted by Crippen LogP contribution is 2.26. The lowest BCUT2D eigenvalue weighted by atomic mass is 10.1. The molecule has 1 aromatic heterocycles. The predicted octanol–water partition coefficient (Wildman–Crippen LogP) is 5.71. The van der Waals surface area contributed by atoms with Gasteiger partial charge in [0, 0.05) is 18.3 Å². The number of methoxy groups -OCH3 is 1. The van der Waals surface area contributed by atoms with E-state index in [1.807, 2.05) is 71.4 Å². The molecule has 0 unspecified atom stereocenters. The number of hydrogen-bond donors (Lipinski definition) is 0. The van der Waals surface area contributed by atoms with Crippen molar-refractivity contribution in [1.82, 2.24) is 4.57 Å². The summed E-state index contributed by atoms with van der Waals surface area (Å²) in [5, 5.41) is 0.